The predicted molar refractivity (Wildman–Crippen MR) is 90.0 cm³/mol. The van der Waals surface area contributed by atoms with Crippen molar-refractivity contribution in [3.8, 4) is 0 Å². The Morgan fingerprint density at radius 2 is 1.95 bits per heavy atom. The maximum absolute atomic E-state index is 11.7. The van der Waals surface area contributed by atoms with Crippen molar-refractivity contribution < 1.29 is 0 Å². The maximum Gasteiger partial charge on any atom is 0.251 e. The highest BCUT2D eigenvalue weighted by molar-refractivity contribution is 5.29. The number of aromatic nitrogens is 2. The Labute approximate surface area is 132 Å². The largest absolute Gasteiger partial charge is 0.309 e. The molecule has 0 aliphatic heterocycles. The van der Waals surface area contributed by atoms with Gasteiger partial charge < -0.3 is 10.3 Å². The number of hydrogen-bond acceptors (Lipinski definition) is 3. The summed E-state index contributed by atoms with van der Waals surface area (Å²) >= 11 is 0. The normalized spacial score (nSPS) is 11.9. The van der Waals surface area contributed by atoms with Gasteiger partial charge >= 0.3 is 0 Å². The lowest BCUT2D eigenvalue weighted by molar-refractivity contribution is 0.375. The van der Waals surface area contributed by atoms with Crippen LogP contribution < -0.4 is 10.9 Å². The smallest absolute Gasteiger partial charge is 0.251 e. The zero-order valence-corrected chi connectivity index (χ0v) is 14.0. The van der Waals surface area contributed by atoms with Crippen molar-refractivity contribution in [2.24, 2.45) is 0 Å². The summed E-state index contributed by atoms with van der Waals surface area (Å²) in [5.41, 5.74) is 2.84. The first-order chi connectivity index (χ1) is 10.3. The zero-order chi connectivity index (χ0) is 16.3. The highest BCUT2D eigenvalue weighted by Crippen LogP contribution is 2.21. The van der Waals surface area contributed by atoms with Gasteiger partial charge in [-0.3, -0.25) is 4.79 Å². The lowest BCUT2D eigenvalue weighted by atomic mass is 9.96. The molecule has 118 valence electrons. The van der Waals surface area contributed by atoms with Crippen LogP contribution in [0.3, 0.4) is 0 Å². The fraction of sp³-hybridized carbons (Fsp3) is 0.444. The van der Waals surface area contributed by atoms with Crippen molar-refractivity contribution in [3.05, 3.63) is 63.3 Å². The third kappa shape index (κ3) is 3.83. The summed E-state index contributed by atoms with van der Waals surface area (Å²) in [6.45, 7) is 11.0. The first-order valence-electron chi connectivity index (χ1n) is 7.71. The van der Waals surface area contributed by atoms with Crippen LogP contribution in [0.15, 0.2) is 35.1 Å². The Morgan fingerprint density at radius 3 is 2.59 bits per heavy atom. The molecular formula is C18H25N3O. The van der Waals surface area contributed by atoms with Crippen LogP contribution in [0.5, 0.6) is 0 Å². The number of nitrogens with one attached hydrogen (secondary N) is 2. The van der Waals surface area contributed by atoms with Crippen LogP contribution in [0.25, 0.3) is 0 Å². The van der Waals surface area contributed by atoms with Crippen molar-refractivity contribution >= 4 is 0 Å². The van der Waals surface area contributed by atoms with Crippen molar-refractivity contribution in [2.45, 2.75) is 52.6 Å². The molecule has 0 amide bonds. The molecule has 1 aromatic heterocycles. The molecule has 22 heavy (non-hydrogen) atoms. The van der Waals surface area contributed by atoms with E-state index < -0.39 is 5.54 Å². The zero-order valence-electron chi connectivity index (χ0n) is 14.0. The SMILES string of the molecule is Cc1cc(=O)[nH]c(C(C)(C)NCc2ccccc2C(C)C)n1. The lowest BCUT2D eigenvalue weighted by Gasteiger charge is -2.26. The lowest BCUT2D eigenvalue weighted by Crippen LogP contribution is -2.39. The third-order valence-corrected chi connectivity index (χ3v) is 3.86. The van der Waals surface area contributed by atoms with Gasteiger partial charge in [0, 0.05) is 18.3 Å². The summed E-state index contributed by atoms with van der Waals surface area (Å²) < 4.78 is 0. The quantitative estimate of drug-likeness (QED) is 0.891. The van der Waals surface area contributed by atoms with Gasteiger partial charge in [0.15, 0.2) is 0 Å². The minimum atomic E-state index is -0.407. The number of nitrogens with zero attached hydrogens (tertiary/aromatic N) is 1. The van der Waals surface area contributed by atoms with Crippen LogP contribution in [0.1, 0.15) is 56.3 Å². The van der Waals surface area contributed by atoms with Crippen molar-refractivity contribution in [1.82, 2.24) is 15.3 Å². The summed E-state index contributed by atoms with van der Waals surface area (Å²) in [6.07, 6.45) is 0. The van der Waals surface area contributed by atoms with Gasteiger partial charge in [0.25, 0.3) is 5.56 Å². The monoisotopic (exact) mass is 299 g/mol. The predicted octanol–water partition coefficient (Wildman–Crippen LogP) is 3.23. The molecule has 0 aliphatic rings. The number of H-pyrrole nitrogens is 1. The van der Waals surface area contributed by atoms with E-state index in [1.54, 1.807) is 0 Å². The Morgan fingerprint density at radius 1 is 1.27 bits per heavy atom. The van der Waals surface area contributed by atoms with Gasteiger partial charge in [-0.2, -0.15) is 0 Å². The molecule has 0 unspecified atom stereocenters. The minimum Gasteiger partial charge on any atom is -0.309 e. The standard InChI is InChI=1S/C18H25N3O/c1-12(2)15-9-7-6-8-14(15)11-19-18(4,5)17-20-13(3)10-16(22)21-17/h6-10,12,19H,11H2,1-5H3,(H,20,21,22). The van der Waals surface area contributed by atoms with E-state index in [0.717, 1.165) is 12.2 Å². The highest BCUT2D eigenvalue weighted by atomic mass is 16.1. The van der Waals surface area contributed by atoms with Gasteiger partial charge in [-0.05, 0) is 37.8 Å². The molecular weight excluding hydrogens is 274 g/mol. The van der Waals surface area contributed by atoms with Crippen LogP contribution in [0.2, 0.25) is 0 Å². The molecule has 0 fully saturated rings. The molecule has 1 aromatic carbocycles. The van der Waals surface area contributed by atoms with Crippen molar-refractivity contribution in [3.63, 3.8) is 0 Å². The number of aryl methyl sites for hydroxylation is 1. The second kappa shape index (κ2) is 6.44. The van der Waals surface area contributed by atoms with Gasteiger partial charge in [0.2, 0.25) is 0 Å². The van der Waals surface area contributed by atoms with Crippen LogP contribution in [0.4, 0.5) is 0 Å². The van der Waals surface area contributed by atoms with Crippen LogP contribution in [-0.2, 0) is 12.1 Å². The van der Waals surface area contributed by atoms with E-state index in [1.807, 2.05) is 20.8 Å². The molecule has 0 saturated heterocycles. The summed E-state index contributed by atoms with van der Waals surface area (Å²) in [7, 11) is 0. The number of hydrogen-bond donors (Lipinski definition) is 2. The van der Waals surface area contributed by atoms with Gasteiger partial charge in [0.1, 0.15) is 5.82 Å². The van der Waals surface area contributed by atoms with Crippen LogP contribution >= 0.6 is 0 Å². The van der Waals surface area contributed by atoms with Gasteiger partial charge in [-0.1, -0.05) is 38.1 Å². The highest BCUT2D eigenvalue weighted by Gasteiger charge is 2.23. The summed E-state index contributed by atoms with van der Waals surface area (Å²) in [4.78, 5) is 18.9. The van der Waals surface area contributed by atoms with E-state index in [1.165, 1.54) is 17.2 Å². The second-order valence-electron chi connectivity index (χ2n) is 6.57. The molecule has 2 aromatic rings. The van der Waals surface area contributed by atoms with E-state index in [0.29, 0.717) is 11.7 Å². The molecule has 0 radical (unpaired) electrons. The Balaban J connectivity index is 2.21. The van der Waals surface area contributed by atoms with Crippen LogP contribution in [0, 0.1) is 6.92 Å². The van der Waals surface area contributed by atoms with Gasteiger partial charge in [0.05, 0.1) is 5.54 Å². The first kappa shape index (κ1) is 16.4. The fourth-order valence-electron chi connectivity index (χ4n) is 2.53. The topological polar surface area (TPSA) is 57.8 Å². The van der Waals surface area contributed by atoms with E-state index in [2.05, 4.69) is 53.4 Å². The first-order valence-corrected chi connectivity index (χ1v) is 7.71. The van der Waals surface area contributed by atoms with Gasteiger partial charge in [-0.25, -0.2) is 4.98 Å². The number of aromatic amines is 1. The molecule has 4 nitrogen and oxygen atoms in total. The molecule has 2 N–H and O–H groups in total. The van der Waals surface area contributed by atoms with Crippen molar-refractivity contribution in [2.75, 3.05) is 0 Å². The van der Waals surface area contributed by atoms with E-state index >= 15 is 0 Å². The number of benzene rings is 1. The average Bonchev–Trinajstić information content (AvgIpc) is 2.44. The Hall–Kier alpha value is -1.94. The minimum absolute atomic E-state index is 0.111. The molecule has 2 rings (SSSR count). The molecule has 0 spiro atoms. The van der Waals surface area contributed by atoms with E-state index in [9.17, 15) is 4.79 Å². The summed E-state index contributed by atoms with van der Waals surface area (Å²) in [5, 5.41) is 3.51. The van der Waals surface area contributed by atoms with Crippen LogP contribution in [-0.4, -0.2) is 9.97 Å². The average molecular weight is 299 g/mol. The molecule has 0 aliphatic carbocycles. The third-order valence-electron chi connectivity index (χ3n) is 3.86. The molecule has 4 heteroatoms. The maximum atomic E-state index is 11.7. The summed E-state index contributed by atoms with van der Waals surface area (Å²) in [6, 6.07) is 9.95. The molecule has 0 saturated carbocycles. The fourth-order valence-corrected chi connectivity index (χ4v) is 2.53. The molecule has 0 bridgehead atoms. The summed E-state index contributed by atoms with van der Waals surface area (Å²) in [5.74, 6) is 1.15. The molecule has 0 atom stereocenters. The van der Waals surface area contributed by atoms with E-state index in [4.69, 9.17) is 0 Å². The second-order valence-corrected chi connectivity index (χ2v) is 6.57. The van der Waals surface area contributed by atoms with E-state index in [-0.39, 0.29) is 5.56 Å². The molecule has 1 heterocycles. The van der Waals surface area contributed by atoms with Crippen molar-refractivity contribution in [1.29, 1.82) is 0 Å². The Bertz CT molecular complexity index is 701. The number of rotatable bonds is 5. The Kier molecular flexibility index (Phi) is 4.81. The van der Waals surface area contributed by atoms with Gasteiger partial charge in [-0.15, -0.1) is 0 Å².